The van der Waals surface area contributed by atoms with Gasteiger partial charge in [0.1, 0.15) is 5.75 Å². The maximum atomic E-state index is 5.41. The molecule has 2 aromatic carbocycles. The molecule has 3 rings (SSSR count). The minimum absolute atomic E-state index is 0.911. The minimum Gasteiger partial charge on any atom is -0.496 e. The van der Waals surface area contributed by atoms with Gasteiger partial charge in [-0.3, -0.25) is 0 Å². The van der Waals surface area contributed by atoms with Crippen LogP contribution >= 0.6 is 15.9 Å². The first kappa shape index (κ1) is 10.7. The smallest absolute Gasteiger partial charge is 0.123 e. The Kier molecular flexibility index (Phi) is 2.37. The van der Waals surface area contributed by atoms with Gasteiger partial charge in [0.15, 0.2) is 0 Å². The van der Waals surface area contributed by atoms with E-state index >= 15 is 0 Å². The molecule has 0 saturated heterocycles. The van der Waals surface area contributed by atoms with E-state index in [1.54, 1.807) is 7.11 Å². The Balaban J connectivity index is 2.54. The zero-order valence-corrected chi connectivity index (χ0v) is 11.3. The third kappa shape index (κ3) is 1.46. The molecule has 0 fully saturated rings. The van der Waals surface area contributed by atoms with Gasteiger partial charge in [0, 0.05) is 26.3 Å². The number of H-pyrrole nitrogens is 1. The first-order valence-corrected chi connectivity index (χ1v) is 6.25. The van der Waals surface area contributed by atoms with E-state index in [2.05, 4.69) is 45.2 Å². The van der Waals surface area contributed by atoms with Crippen LogP contribution in [-0.2, 0) is 0 Å². The number of ether oxygens (including phenoxy) is 1. The summed E-state index contributed by atoms with van der Waals surface area (Å²) in [6.45, 7) is 2.05. The minimum atomic E-state index is 0.911. The molecule has 17 heavy (non-hydrogen) atoms. The monoisotopic (exact) mass is 289 g/mol. The van der Waals surface area contributed by atoms with E-state index in [0.717, 1.165) is 26.8 Å². The molecular formula is C14H12BrNO. The van der Waals surface area contributed by atoms with Crippen LogP contribution in [0.1, 0.15) is 5.56 Å². The van der Waals surface area contributed by atoms with E-state index in [4.69, 9.17) is 4.74 Å². The first-order valence-electron chi connectivity index (χ1n) is 5.46. The van der Waals surface area contributed by atoms with E-state index in [9.17, 15) is 0 Å². The molecule has 0 amide bonds. The summed E-state index contributed by atoms with van der Waals surface area (Å²) in [5.41, 5.74) is 3.40. The molecule has 3 heteroatoms. The topological polar surface area (TPSA) is 25.0 Å². The number of halogens is 1. The molecule has 0 aliphatic carbocycles. The Hall–Kier alpha value is -1.48. The second kappa shape index (κ2) is 3.77. The van der Waals surface area contributed by atoms with Gasteiger partial charge >= 0.3 is 0 Å². The van der Waals surface area contributed by atoms with E-state index < -0.39 is 0 Å². The average Bonchev–Trinajstić information content (AvgIpc) is 2.72. The lowest BCUT2D eigenvalue weighted by atomic mass is 10.1. The molecule has 0 unspecified atom stereocenters. The summed E-state index contributed by atoms with van der Waals surface area (Å²) in [6.07, 6.45) is 0. The molecule has 0 atom stereocenters. The molecule has 0 bridgehead atoms. The fourth-order valence-electron chi connectivity index (χ4n) is 2.23. The Morgan fingerprint density at radius 1 is 1.18 bits per heavy atom. The van der Waals surface area contributed by atoms with Gasteiger partial charge in [-0.15, -0.1) is 0 Å². The average molecular weight is 290 g/mol. The number of fused-ring (bicyclic) bond motifs is 3. The number of methoxy groups -OCH3 is 1. The lowest BCUT2D eigenvalue weighted by Gasteiger charge is -2.07. The summed E-state index contributed by atoms with van der Waals surface area (Å²) in [5.74, 6) is 0.911. The Labute approximate surface area is 108 Å². The van der Waals surface area contributed by atoms with Crippen LogP contribution in [0.3, 0.4) is 0 Å². The number of nitrogens with one attached hydrogen (secondary N) is 1. The van der Waals surface area contributed by atoms with Crippen molar-refractivity contribution < 1.29 is 4.74 Å². The van der Waals surface area contributed by atoms with Crippen LogP contribution in [0.15, 0.2) is 34.8 Å². The molecule has 3 aromatic rings. The number of aromatic nitrogens is 1. The van der Waals surface area contributed by atoms with Crippen molar-refractivity contribution in [3.8, 4) is 5.75 Å². The van der Waals surface area contributed by atoms with Crippen molar-refractivity contribution in [2.24, 2.45) is 0 Å². The SMILES string of the molecule is COc1cc2c([nH]c3ccccc32)c(Br)c1C. The maximum absolute atomic E-state index is 5.41. The molecule has 1 aromatic heterocycles. The number of benzene rings is 2. The number of hydrogen-bond donors (Lipinski definition) is 1. The van der Waals surface area contributed by atoms with Gasteiger partial charge in [-0.2, -0.15) is 0 Å². The number of aromatic amines is 1. The van der Waals surface area contributed by atoms with Crippen LogP contribution < -0.4 is 4.74 Å². The number of para-hydroxylation sites is 1. The second-order valence-electron chi connectivity index (χ2n) is 4.11. The van der Waals surface area contributed by atoms with Crippen LogP contribution in [0.25, 0.3) is 21.8 Å². The highest BCUT2D eigenvalue weighted by atomic mass is 79.9. The van der Waals surface area contributed by atoms with Gasteiger partial charge in [-0.25, -0.2) is 0 Å². The van der Waals surface area contributed by atoms with Crippen LogP contribution in [0.5, 0.6) is 5.75 Å². The fraction of sp³-hybridized carbons (Fsp3) is 0.143. The molecule has 2 nitrogen and oxygen atoms in total. The van der Waals surface area contributed by atoms with Crippen molar-refractivity contribution in [1.82, 2.24) is 4.98 Å². The zero-order valence-electron chi connectivity index (χ0n) is 9.67. The van der Waals surface area contributed by atoms with Crippen molar-refractivity contribution in [3.05, 3.63) is 40.4 Å². The van der Waals surface area contributed by atoms with E-state index in [0.29, 0.717) is 0 Å². The lowest BCUT2D eigenvalue weighted by molar-refractivity contribution is 0.412. The molecule has 0 saturated carbocycles. The van der Waals surface area contributed by atoms with Crippen LogP contribution in [0, 0.1) is 6.92 Å². The molecule has 0 spiro atoms. The maximum Gasteiger partial charge on any atom is 0.123 e. The number of rotatable bonds is 1. The van der Waals surface area contributed by atoms with Gasteiger partial charge < -0.3 is 9.72 Å². The summed E-state index contributed by atoms with van der Waals surface area (Å²) in [6, 6.07) is 10.4. The third-order valence-electron chi connectivity index (χ3n) is 3.16. The molecule has 0 aliphatic rings. The van der Waals surface area contributed by atoms with Gasteiger partial charge in [0.05, 0.1) is 12.6 Å². The van der Waals surface area contributed by atoms with Crippen molar-refractivity contribution in [1.29, 1.82) is 0 Å². The highest BCUT2D eigenvalue weighted by Crippen LogP contribution is 2.37. The van der Waals surface area contributed by atoms with Crippen molar-refractivity contribution in [3.63, 3.8) is 0 Å². The first-order chi connectivity index (χ1) is 8.22. The second-order valence-corrected chi connectivity index (χ2v) is 4.90. The predicted octanol–water partition coefficient (Wildman–Crippen LogP) is 4.40. The van der Waals surface area contributed by atoms with Gasteiger partial charge in [-0.1, -0.05) is 18.2 Å². The summed E-state index contributed by atoms with van der Waals surface area (Å²) < 4.78 is 6.48. The molecular weight excluding hydrogens is 278 g/mol. The highest BCUT2D eigenvalue weighted by Gasteiger charge is 2.12. The van der Waals surface area contributed by atoms with E-state index in [1.807, 2.05) is 13.0 Å². The van der Waals surface area contributed by atoms with Crippen molar-refractivity contribution in [2.45, 2.75) is 6.92 Å². The fourth-order valence-corrected chi connectivity index (χ4v) is 2.74. The standard InChI is InChI=1S/C14H12BrNO/c1-8-12(17-2)7-10-9-5-3-4-6-11(9)16-14(10)13(8)15/h3-7,16H,1-2H3. The van der Waals surface area contributed by atoms with Crippen LogP contribution in [-0.4, -0.2) is 12.1 Å². The predicted molar refractivity (Wildman–Crippen MR) is 74.8 cm³/mol. The molecule has 1 N–H and O–H groups in total. The summed E-state index contributed by atoms with van der Waals surface area (Å²) >= 11 is 3.64. The van der Waals surface area contributed by atoms with Gasteiger partial charge in [0.2, 0.25) is 0 Å². The molecule has 0 radical (unpaired) electrons. The molecule has 0 aliphatic heterocycles. The zero-order chi connectivity index (χ0) is 12.0. The normalized spacial score (nSPS) is 11.2. The Bertz CT molecular complexity index is 715. The van der Waals surface area contributed by atoms with Crippen LogP contribution in [0.2, 0.25) is 0 Å². The van der Waals surface area contributed by atoms with Gasteiger partial charge in [-0.05, 0) is 35.0 Å². The van der Waals surface area contributed by atoms with Crippen molar-refractivity contribution in [2.75, 3.05) is 7.11 Å². The number of hydrogen-bond acceptors (Lipinski definition) is 1. The van der Waals surface area contributed by atoms with Crippen molar-refractivity contribution >= 4 is 37.7 Å². The molecule has 86 valence electrons. The van der Waals surface area contributed by atoms with Gasteiger partial charge in [0.25, 0.3) is 0 Å². The summed E-state index contributed by atoms with van der Waals surface area (Å²) in [4.78, 5) is 3.44. The Morgan fingerprint density at radius 3 is 2.71 bits per heavy atom. The quantitative estimate of drug-likeness (QED) is 0.706. The van der Waals surface area contributed by atoms with E-state index in [-0.39, 0.29) is 0 Å². The van der Waals surface area contributed by atoms with E-state index in [1.165, 1.54) is 10.8 Å². The lowest BCUT2D eigenvalue weighted by Crippen LogP contribution is -1.88. The highest BCUT2D eigenvalue weighted by molar-refractivity contribution is 9.10. The largest absolute Gasteiger partial charge is 0.496 e. The molecule has 1 heterocycles. The Morgan fingerprint density at radius 2 is 1.94 bits per heavy atom. The summed E-state index contributed by atoms with van der Waals surface area (Å²) in [5, 5.41) is 2.41. The summed E-state index contributed by atoms with van der Waals surface area (Å²) in [7, 11) is 1.70. The van der Waals surface area contributed by atoms with Crippen LogP contribution in [0.4, 0.5) is 0 Å². The third-order valence-corrected chi connectivity index (χ3v) is 4.15.